The number of H-pyrrole nitrogens is 1. The van der Waals surface area contributed by atoms with E-state index in [0.29, 0.717) is 32.6 Å². The van der Waals surface area contributed by atoms with E-state index in [1.807, 2.05) is 31.2 Å². The zero-order valence-electron chi connectivity index (χ0n) is 20.2. The van der Waals surface area contributed by atoms with Crippen LogP contribution in [0.1, 0.15) is 29.5 Å². The lowest BCUT2D eigenvalue weighted by atomic mass is 9.84. The van der Waals surface area contributed by atoms with Crippen molar-refractivity contribution >= 4 is 55.9 Å². The Morgan fingerprint density at radius 1 is 1.08 bits per heavy atom. The number of ether oxygens (including phenoxy) is 1. The molecule has 37 heavy (non-hydrogen) atoms. The van der Waals surface area contributed by atoms with E-state index in [-0.39, 0.29) is 18.0 Å². The predicted molar refractivity (Wildman–Crippen MR) is 147 cm³/mol. The Morgan fingerprint density at radius 2 is 1.81 bits per heavy atom. The molecule has 0 saturated heterocycles. The van der Waals surface area contributed by atoms with Crippen LogP contribution in [-0.2, 0) is 19.6 Å². The minimum Gasteiger partial charge on any atom is -0.463 e. The molecule has 0 spiro atoms. The summed E-state index contributed by atoms with van der Waals surface area (Å²) in [5.41, 5.74) is 3.22. The Kier molecular flexibility index (Phi) is 6.79. The third-order valence-corrected chi connectivity index (χ3v) is 8.79. The molecule has 4 aromatic rings. The summed E-state index contributed by atoms with van der Waals surface area (Å²) in [6.45, 7) is 3.72. The van der Waals surface area contributed by atoms with Gasteiger partial charge in [-0.25, -0.2) is 17.5 Å². The number of para-hydroxylation sites is 1. The highest BCUT2D eigenvalue weighted by Crippen LogP contribution is 2.47. The molecule has 1 aliphatic rings. The van der Waals surface area contributed by atoms with Crippen molar-refractivity contribution in [1.82, 2.24) is 4.98 Å². The number of sulfonamides is 1. The Balaban J connectivity index is 1.82. The van der Waals surface area contributed by atoms with E-state index >= 15 is 0 Å². The number of anilines is 1. The van der Waals surface area contributed by atoms with Gasteiger partial charge in [-0.15, -0.1) is 0 Å². The van der Waals surface area contributed by atoms with Crippen molar-refractivity contribution in [3.63, 3.8) is 0 Å². The van der Waals surface area contributed by atoms with Crippen molar-refractivity contribution in [2.75, 3.05) is 17.5 Å². The van der Waals surface area contributed by atoms with Crippen LogP contribution in [0.3, 0.4) is 0 Å². The van der Waals surface area contributed by atoms with Crippen molar-refractivity contribution in [3.8, 4) is 0 Å². The third-order valence-electron chi connectivity index (χ3n) is 6.45. The molecule has 0 radical (unpaired) electrons. The molecule has 1 aliphatic heterocycles. The van der Waals surface area contributed by atoms with Gasteiger partial charge in [0.25, 0.3) is 10.0 Å². The normalized spacial score (nSPS) is 15.7. The van der Waals surface area contributed by atoms with Crippen molar-refractivity contribution in [2.24, 2.45) is 0 Å². The number of rotatable bonds is 5. The Hall–Kier alpha value is -3.26. The zero-order chi connectivity index (χ0) is 26.3. The molecule has 190 valence electrons. The smallest absolute Gasteiger partial charge is 0.334 e. The maximum absolute atomic E-state index is 14.0. The highest BCUT2D eigenvalue weighted by molar-refractivity contribution is 7.92. The molecule has 1 N–H and O–H groups in total. The quantitative estimate of drug-likeness (QED) is 0.281. The molecule has 0 bridgehead atoms. The lowest BCUT2D eigenvalue weighted by molar-refractivity contribution is -0.138. The van der Waals surface area contributed by atoms with Crippen LogP contribution in [0.25, 0.3) is 10.9 Å². The van der Waals surface area contributed by atoms with E-state index in [1.54, 1.807) is 55.5 Å². The summed E-state index contributed by atoms with van der Waals surface area (Å²) >= 11 is 12.9. The first-order valence-corrected chi connectivity index (χ1v) is 13.9. The second-order valence-corrected chi connectivity index (χ2v) is 11.5. The number of halogens is 2. The lowest BCUT2D eigenvalue weighted by Crippen LogP contribution is -2.31. The highest BCUT2D eigenvalue weighted by Gasteiger charge is 2.38. The molecule has 0 aliphatic carbocycles. The van der Waals surface area contributed by atoms with Gasteiger partial charge in [-0.3, -0.25) is 0 Å². The van der Waals surface area contributed by atoms with Crippen molar-refractivity contribution in [3.05, 3.63) is 105 Å². The van der Waals surface area contributed by atoms with Crippen LogP contribution >= 0.6 is 23.2 Å². The first-order chi connectivity index (χ1) is 17.7. The number of benzene rings is 3. The maximum Gasteiger partial charge on any atom is 0.334 e. The Bertz CT molecular complexity index is 1640. The number of hydrogen-bond donors (Lipinski definition) is 1. The largest absolute Gasteiger partial charge is 0.463 e. The molecule has 0 fully saturated rings. The van der Waals surface area contributed by atoms with Gasteiger partial charge in [0.15, 0.2) is 0 Å². The summed E-state index contributed by atoms with van der Waals surface area (Å²) in [5.74, 6) is -0.870. The molecule has 3 aromatic carbocycles. The number of fused-ring (bicyclic) bond motifs is 3. The Labute approximate surface area is 225 Å². The fourth-order valence-corrected chi connectivity index (χ4v) is 6.62. The topological polar surface area (TPSA) is 79.5 Å². The lowest BCUT2D eigenvalue weighted by Gasteiger charge is -2.24. The Morgan fingerprint density at radius 3 is 2.51 bits per heavy atom. The van der Waals surface area contributed by atoms with Crippen LogP contribution in [-0.4, -0.2) is 32.5 Å². The molecular weight excluding hydrogens is 531 g/mol. The summed E-state index contributed by atoms with van der Waals surface area (Å²) in [6, 6.07) is 19.3. The van der Waals surface area contributed by atoms with Crippen molar-refractivity contribution < 1.29 is 17.9 Å². The van der Waals surface area contributed by atoms with E-state index in [0.717, 1.165) is 16.5 Å². The monoisotopic (exact) mass is 554 g/mol. The molecule has 1 aromatic heterocycles. The molecule has 6 nitrogen and oxygen atoms in total. The first kappa shape index (κ1) is 25.4. The number of aryl methyl sites for hydroxylation is 1. The molecule has 2 heterocycles. The third kappa shape index (κ3) is 4.52. The van der Waals surface area contributed by atoms with Crippen LogP contribution in [0.15, 0.2) is 83.3 Å². The second-order valence-electron chi connectivity index (χ2n) is 8.76. The standard InChI is InChI=1S/C28H24Cl2N2O4S/c1-3-36-28(33)22-14-15-32(37(34,35)19-11-8-17(2)9-12-19)27-26(21-6-4-5-7-24(21)31-27)25(22)20-13-10-18(29)16-23(20)30/h4-14,16,25,31H,3,15H2,1-2H3. The first-order valence-electron chi connectivity index (χ1n) is 11.7. The predicted octanol–water partition coefficient (Wildman–Crippen LogP) is 6.61. The average molecular weight is 555 g/mol. The van der Waals surface area contributed by atoms with Crippen LogP contribution in [0.5, 0.6) is 0 Å². The van der Waals surface area contributed by atoms with E-state index < -0.39 is 21.9 Å². The zero-order valence-corrected chi connectivity index (χ0v) is 22.5. The number of carbonyl (C=O) groups excluding carboxylic acids is 1. The average Bonchev–Trinajstić information content (AvgIpc) is 3.14. The summed E-state index contributed by atoms with van der Waals surface area (Å²) in [4.78, 5) is 16.8. The van der Waals surface area contributed by atoms with Crippen LogP contribution < -0.4 is 4.31 Å². The number of carbonyl (C=O) groups is 1. The molecule has 1 unspecified atom stereocenters. The highest BCUT2D eigenvalue weighted by atomic mass is 35.5. The molecule has 9 heteroatoms. The number of aromatic nitrogens is 1. The summed E-state index contributed by atoms with van der Waals surface area (Å²) in [5, 5.41) is 1.58. The number of aromatic amines is 1. The summed E-state index contributed by atoms with van der Waals surface area (Å²) in [6.07, 6.45) is 1.61. The van der Waals surface area contributed by atoms with Gasteiger partial charge in [-0.1, -0.05) is 71.2 Å². The van der Waals surface area contributed by atoms with E-state index in [2.05, 4.69) is 4.98 Å². The van der Waals surface area contributed by atoms with Gasteiger partial charge in [-0.2, -0.15) is 0 Å². The number of esters is 1. The molecule has 0 saturated carbocycles. The van der Waals surface area contributed by atoms with Gasteiger partial charge in [0.05, 0.1) is 18.0 Å². The summed E-state index contributed by atoms with van der Waals surface area (Å²) < 4.78 is 34.7. The van der Waals surface area contributed by atoms with E-state index in [9.17, 15) is 13.2 Å². The van der Waals surface area contributed by atoms with Crippen LogP contribution in [0.4, 0.5) is 5.82 Å². The second kappa shape index (κ2) is 9.89. The minimum atomic E-state index is -4.00. The van der Waals surface area contributed by atoms with Gasteiger partial charge in [0.1, 0.15) is 5.82 Å². The molecular formula is C28H24Cl2N2O4S. The van der Waals surface area contributed by atoms with E-state index in [1.165, 1.54) is 4.31 Å². The van der Waals surface area contributed by atoms with Crippen LogP contribution in [0.2, 0.25) is 10.0 Å². The summed E-state index contributed by atoms with van der Waals surface area (Å²) in [7, 11) is -4.00. The van der Waals surface area contributed by atoms with Gasteiger partial charge in [0, 0.05) is 38.0 Å². The van der Waals surface area contributed by atoms with Gasteiger partial charge >= 0.3 is 5.97 Å². The number of hydrogen-bond acceptors (Lipinski definition) is 4. The fourth-order valence-electron chi connectivity index (χ4n) is 4.71. The number of nitrogens with one attached hydrogen (secondary N) is 1. The maximum atomic E-state index is 14.0. The van der Waals surface area contributed by atoms with Crippen molar-refractivity contribution in [2.45, 2.75) is 24.7 Å². The SMILES string of the molecule is CCOC(=O)C1=CCN(S(=O)(=O)c2ccc(C)cc2)c2[nH]c3ccccc3c2C1c1ccc(Cl)cc1Cl. The van der Waals surface area contributed by atoms with Gasteiger partial charge in [-0.05, 0) is 49.7 Å². The fraction of sp³-hybridized carbons (Fsp3) is 0.179. The van der Waals surface area contributed by atoms with Crippen LogP contribution in [0, 0.1) is 6.92 Å². The minimum absolute atomic E-state index is 0.0775. The van der Waals surface area contributed by atoms with Gasteiger partial charge in [0.2, 0.25) is 0 Å². The van der Waals surface area contributed by atoms with Gasteiger partial charge < -0.3 is 9.72 Å². The van der Waals surface area contributed by atoms with Crippen molar-refractivity contribution in [1.29, 1.82) is 0 Å². The molecule has 1 atom stereocenters. The molecule has 5 rings (SSSR count). The molecule has 0 amide bonds. The number of nitrogens with zero attached hydrogens (tertiary/aromatic N) is 1. The van der Waals surface area contributed by atoms with E-state index in [4.69, 9.17) is 27.9 Å².